The van der Waals surface area contributed by atoms with Gasteiger partial charge in [-0.25, -0.2) is 4.98 Å². The minimum atomic E-state index is -0.333. The van der Waals surface area contributed by atoms with Crippen LogP contribution in [0.25, 0.3) is 22.2 Å². The van der Waals surface area contributed by atoms with Crippen molar-refractivity contribution >= 4 is 28.4 Å². The van der Waals surface area contributed by atoms with Crippen LogP contribution in [0.3, 0.4) is 0 Å². The summed E-state index contributed by atoms with van der Waals surface area (Å²) in [5, 5.41) is 6.40. The summed E-state index contributed by atoms with van der Waals surface area (Å²) in [7, 11) is 1.61. The lowest BCUT2D eigenvalue weighted by Gasteiger charge is -2.14. The van der Waals surface area contributed by atoms with Crippen LogP contribution in [-0.2, 0) is 4.79 Å². The number of ether oxygens (including phenoxy) is 1. The van der Waals surface area contributed by atoms with E-state index in [1.807, 2.05) is 81.4 Å². The van der Waals surface area contributed by atoms with Gasteiger partial charge >= 0.3 is 0 Å². The van der Waals surface area contributed by atoms with Gasteiger partial charge in [0.15, 0.2) is 0 Å². The summed E-state index contributed by atoms with van der Waals surface area (Å²) in [6.45, 7) is 5.79. The number of amides is 2. The number of para-hydroxylation sites is 1. The summed E-state index contributed by atoms with van der Waals surface area (Å²) in [6, 6.07) is 20.8. The lowest BCUT2D eigenvalue weighted by molar-refractivity contribution is -0.115. The van der Waals surface area contributed by atoms with Gasteiger partial charge in [0.25, 0.3) is 5.91 Å². The Morgan fingerprint density at radius 2 is 1.59 bits per heavy atom. The molecule has 0 unspecified atom stereocenters. The molecular formula is C28H27N3O3. The first-order valence-corrected chi connectivity index (χ1v) is 11.1. The minimum Gasteiger partial charge on any atom is -0.497 e. The van der Waals surface area contributed by atoms with E-state index in [0.29, 0.717) is 16.8 Å². The van der Waals surface area contributed by atoms with Gasteiger partial charge in [0.05, 0.1) is 30.4 Å². The van der Waals surface area contributed by atoms with E-state index in [4.69, 9.17) is 9.72 Å². The molecule has 0 radical (unpaired) electrons. The van der Waals surface area contributed by atoms with E-state index < -0.39 is 0 Å². The summed E-state index contributed by atoms with van der Waals surface area (Å²) in [4.78, 5) is 30.5. The Morgan fingerprint density at radius 1 is 0.912 bits per heavy atom. The fraction of sp³-hybridized carbons (Fsp3) is 0.179. The molecule has 0 aliphatic carbocycles. The molecule has 4 aromatic rings. The van der Waals surface area contributed by atoms with E-state index in [1.54, 1.807) is 13.2 Å². The molecule has 3 aromatic carbocycles. The van der Waals surface area contributed by atoms with Crippen LogP contribution in [0, 0.1) is 20.8 Å². The lowest BCUT2D eigenvalue weighted by atomic mass is 10.0. The van der Waals surface area contributed by atoms with E-state index in [1.165, 1.54) is 0 Å². The Balaban J connectivity index is 1.56. The number of carbonyl (C=O) groups excluding carboxylic acids is 2. The minimum absolute atomic E-state index is 0.139. The summed E-state index contributed by atoms with van der Waals surface area (Å²) in [6.07, 6.45) is 0. The molecule has 2 N–H and O–H groups in total. The molecule has 1 aromatic heterocycles. The molecule has 0 aliphatic heterocycles. The van der Waals surface area contributed by atoms with Gasteiger partial charge in [0.2, 0.25) is 5.91 Å². The van der Waals surface area contributed by atoms with Crippen molar-refractivity contribution in [1.82, 2.24) is 10.3 Å². The normalized spacial score (nSPS) is 10.7. The topological polar surface area (TPSA) is 80.3 Å². The molecule has 34 heavy (non-hydrogen) atoms. The predicted octanol–water partition coefficient (Wildman–Crippen LogP) is 5.20. The zero-order valence-electron chi connectivity index (χ0n) is 19.7. The number of aryl methyl sites for hydroxylation is 3. The van der Waals surface area contributed by atoms with Crippen molar-refractivity contribution in [2.24, 2.45) is 0 Å². The maximum Gasteiger partial charge on any atom is 0.252 e. The number of pyridine rings is 1. The molecule has 0 bridgehead atoms. The van der Waals surface area contributed by atoms with Crippen LogP contribution in [0.1, 0.15) is 27.0 Å². The second-order valence-electron chi connectivity index (χ2n) is 8.31. The van der Waals surface area contributed by atoms with Crippen LogP contribution in [0.5, 0.6) is 5.75 Å². The average molecular weight is 454 g/mol. The molecule has 1 heterocycles. The van der Waals surface area contributed by atoms with Crippen molar-refractivity contribution in [3.8, 4) is 17.0 Å². The Morgan fingerprint density at radius 3 is 2.26 bits per heavy atom. The van der Waals surface area contributed by atoms with Crippen molar-refractivity contribution < 1.29 is 14.3 Å². The number of nitrogens with one attached hydrogen (secondary N) is 2. The van der Waals surface area contributed by atoms with Gasteiger partial charge in [0.1, 0.15) is 5.75 Å². The molecule has 0 atom stereocenters. The monoisotopic (exact) mass is 453 g/mol. The number of nitrogens with zero attached hydrogens (tertiary/aromatic N) is 1. The first-order valence-electron chi connectivity index (χ1n) is 11.1. The maximum absolute atomic E-state index is 13.1. The first-order chi connectivity index (χ1) is 16.4. The number of hydrogen-bond acceptors (Lipinski definition) is 4. The van der Waals surface area contributed by atoms with Crippen molar-refractivity contribution in [3.05, 3.63) is 89.0 Å². The molecule has 0 saturated carbocycles. The number of fused-ring (bicyclic) bond motifs is 1. The summed E-state index contributed by atoms with van der Waals surface area (Å²) in [5.41, 5.74) is 6.59. The highest BCUT2D eigenvalue weighted by Gasteiger charge is 2.16. The van der Waals surface area contributed by atoms with Gasteiger partial charge in [-0.1, -0.05) is 35.9 Å². The molecule has 4 rings (SSSR count). The Labute approximate surface area is 199 Å². The predicted molar refractivity (Wildman–Crippen MR) is 135 cm³/mol. The Kier molecular flexibility index (Phi) is 6.59. The fourth-order valence-corrected chi connectivity index (χ4v) is 4.09. The Bertz CT molecular complexity index is 1350. The highest BCUT2D eigenvalue weighted by Crippen LogP contribution is 2.26. The molecular weight excluding hydrogens is 426 g/mol. The largest absolute Gasteiger partial charge is 0.497 e. The van der Waals surface area contributed by atoms with E-state index >= 15 is 0 Å². The zero-order chi connectivity index (χ0) is 24.2. The molecule has 6 heteroatoms. The molecule has 0 aliphatic rings. The van der Waals surface area contributed by atoms with Crippen molar-refractivity contribution in [2.75, 3.05) is 19.0 Å². The molecule has 172 valence electrons. The third-order valence-electron chi connectivity index (χ3n) is 5.70. The van der Waals surface area contributed by atoms with Gasteiger partial charge < -0.3 is 15.4 Å². The summed E-state index contributed by atoms with van der Waals surface area (Å²) in [5.74, 6) is 0.130. The maximum atomic E-state index is 13.1. The van der Waals surface area contributed by atoms with E-state index in [0.717, 1.165) is 39.1 Å². The lowest BCUT2D eigenvalue weighted by Crippen LogP contribution is -2.33. The molecule has 0 spiro atoms. The van der Waals surface area contributed by atoms with Crippen molar-refractivity contribution in [3.63, 3.8) is 0 Å². The highest BCUT2D eigenvalue weighted by molar-refractivity contribution is 6.08. The van der Waals surface area contributed by atoms with Gasteiger partial charge in [0, 0.05) is 16.6 Å². The van der Waals surface area contributed by atoms with Crippen molar-refractivity contribution in [2.45, 2.75) is 20.8 Å². The fourth-order valence-electron chi connectivity index (χ4n) is 4.09. The smallest absolute Gasteiger partial charge is 0.252 e. The highest BCUT2D eigenvalue weighted by atomic mass is 16.5. The number of rotatable bonds is 6. The molecule has 0 fully saturated rings. The number of methoxy groups -OCH3 is 1. The SMILES string of the molecule is COc1ccc(-c2cc(C(=O)NCC(=O)Nc3c(C)cc(C)cc3C)c3ccccc3n2)cc1. The Hall–Kier alpha value is -4.19. The standard InChI is InChI=1S/C28H27N3O3/c1-17-13-18(2)27(19(3)14-17)31-26(32)16-29-28(33)23-15-25(20-9-11-21(34-4)12-10-20)30-24-8-6-5-7-22(23)24/h5-15H,16H2,1-4H3,(H,29,33)(H,31,32). The van der Waals surface area contributed by atoms with Crippen molar-refractivity contribution in [1.29, 1.82) is 0 Å². The second kappa shape index (κ2) is 9.75. The van der Waals surface area contributed by atoms with Crippen LogP contribution >= 0.6 is 0 Å². The van der Waals surface area contributed by atoms with Crippen LogP contribution in [0.2, 0.25) is 0 Å². The van der Waals surface area contributed by atoms with E-state index in [2.05, 4.69) is 10.6 Å². The third-order valence-corrected chi connectivity index (χ3v) is 5.70. The quantitative estimate of drug-likeness (QED) is 0.420. The van der Waals surface area contributed by atoms with E-state index in [9.17, 15) is 9.59 Å². The summed E-state index contributed by atoms with van der Waals surface area (Å²) < 4.78 is 5.23. The number of benzene rings is 3. The van der Waals surface area contributed by atoms with Gasteiger partial charge in [-0.3, -0.25) is 9.59 Å². The number of anilines is 1. The van der Waals surface area contributed by atoms with Crippen LogP contribution < -0.4 is 15.4 Å². The number of aromatic nitrogens is 1. The molecule has 0 saturated heterocycles. The number of hydrogen-bond donors (Lipinski definition) is 2. The first kappa shape index (κ1) is 23.0. The zero-order valence-corrected chi connectivity index (χ0v) is 19.7. The second-order valence-corrected chi connectivity index (χ2v) is 8.31. The third kappa shape index (κ3) is 4.91. The molecule has 6 nitrogen and oxygen atoms in total. The van der Waals surface area contributed by atoms with Crippen LogP contribution in [-0.4, -0.2) is 30.5 Å². The number of carbonyl (C=O) groups is 2. The van der Waals surface area contributed by atoms with Gasteiger partial charge in [-0.15, -0.1) is 0 Å². The van der Waals surface area contributed by atoms with Crippen LogP contribution in [0.15, 0.2) is 66.7 Å². The summed E-state index contributed by atoms with van der Waals surface area (Å²) >= 11 is 0. The molecule has 2 amide bonds. The average Bonchev–Trinajstić information content (AvgIpc) is 2.84. The van der Waals surface area contributed by atoms with Crippen LogP contribution in [0.4, 0.5) is 5.69 Å². The van der Waals surface area contributed by atoms with Gasteiger partial charge in [-0.2, -0.15) is 0 Å². The van der Waals surface area contributed by atoms with E-state index in [-0.39, 0.29) is 18.4 Å². The van der Waals surface area contributed by atoms with Gasteiger partial charge in [-0.05, 0) is 68.3 Å².